The van der Waals surface area contributed by atoms with Gasteiger partial charge in [-0.3, -0.25) is 9.59 Å². The van der Waals surface area contributed by atoms with E-state index < -0.39 is 17.3 Å². The van der Waals surface area contributed by atoms with Crippen LogP contribution in [0, 0.1) is 0 Å². The molecule has 3 aromatic rings. The number of ether oxygens (including phenoxy) is 1. The third-order valence-corrected chi connectivity index (χ3v) is 5.71. The Morgan fingerprint density at radius 2 is 1.74 bits per heavy atom. The van der Waals surface area contributed by atoms with E-state index in [0.717, 1.165) is 16.8 Å². The fourth-order valence-electron chi connectivity index (χ4n) is 3.88. The number of methoxy groups -OCH3 is 1. The van der Waals surface area contributed by atoms with Crippen molar-refractivity contribution in [3.05, 3.63) is 76.6 Å². The zero-order valence-corrected chi connectivity index (χ0v) is 18.5. The number of hydrogen-bond acceptors (Lipinski definition) is 5. The summed E-state index contributed by atoms with van der Waals surface area (Å²) in [5.41, 5.74) is 0.544. The number of halogens is 3. The van der Waals surface area contributed by atoms with E-state index in [1.807, 2.05) is 23.1 Å². The number of carbonyl (C=O) groups excluding carboxylic acids is 1. The normalized spacial score (nSPS) is 14.2. The molecule has 7 nitrogen and oxygen atoms in total. The highest BCUT2D eigenvalue weighted by atomic mass is 19.4. The van der Waals surface area contributed by atoms with Gasteiger partial charge in [0.25, 0.3) is 5.56 Å². The number of anilines is 1. The van der Waals surface area contributed by atoms with E-state index in [1.165, 1.54) is 19.2 Å². The van der Waals surface area contributed by atoms with Gasteiger partial charge in [-0.1, -0.05) is 18.2 Å². The molecule has 0 atom stereocenters. The van der Waals surface area contributed by atoms with E-state index in [-0.39, 0.29) is 12.5 Å². The molecule has 1 saturated heterocycles. The second-order valence-corrected chi connectivity index (χ2v) is 7.83. The molecule has 1 aliphatic heterocycles. The second kappa shape index (κ2) is 9.58. The third-order valence-electron chi connectivity index (χ3n) is 5.71. The largest absolute Gasteiger partial charge is 0.496 e. The molecular weight excluding hydrogens is 449 g/mol. The molecule has 0 unspecified atom stereocenters. The van der Waals surface area contributed by atoms with Gasteiger partial charge in [0.2, 0.25) is 5.91 Å². The molecule has 0 aliphatic carbocycles. The summed E-state index contributed by atoms with van der Waals surface area (Å²) in [7, 11) is 1.54. The molecule has 0 bridgehead atoms. The average Bonchev–Trinajstić information content (AvgIpc) is 2.85. The first-order valence-corrected chi connectivity index (χ1v) is 10.7. The fourth-order valence-corrected chi connectivity index (χ4v) is 3.88. The molecule has 1 aromatic heterocycles. The number of para-hydroxylation sites is 1. The maximum atomic E-state index is 13.0. The molecule has 178 valence electrons. The van der Waals surface area contributed by atoms with Gasteiger partial charge < -0.3 is 14.5 Å². The lowest BCUT2D eigenvalue weighted by atomic mass is 10.1. The van der Waals surface area contributed by atoms with Crippen molar-refractivity contribution >= 4 is 11.6 Å². The van der Waals surface area contributed by atoms with Gasteiger partial charge in [-0.15, -0.1) is 0 Å². The van der Waals surface area contributed by atoms with Crippen molar-refractivity contribution in [3.8, 4) is 17.0 Å². The van der Waals surface area contributed by atoms with Crippen molar-refractivity contribution in [1.82, 2.24) is 14.7 Å². The topological polar surface area (TPSA) is 67.7 Å². The Kier molecular flexibility index (Phi) is 6.58. The number of amides is 1. The van der Waals surface area contributed by atoms with Crippen LogP contribution in [0.4, 0.5) is 18.9 Å². The van der Waals surface area contributed by atoms with E-state index in [1.54, 1.807) is 23.1 Å². The monoisotopic (exact) mass is 472 g/mol. The minimum Gasteiger partial charge on any atom is -0.496 e. The van der Waals surface area contributed by atoms with Gasteiger partial charge in [0.15, 0.2) is 0 Å². The first kappa shape index (κ1) is 23.3. The number of piperazine rings is 1. The van der Waals surface area contributed by atoms with E-state index in [4.69, 9.17) is 4.74 Å². The first-order valence-electron chi connectivity index (χ1n) is 10.7. The zero-order valence-electron chi connectivity index (χ0n) is 18.5. The fraction of sp³-hybridized carbons (Fsp3) is 0.292. The highest BCUT2D eigenvalue weighted by Crippen LogP contribution is 2.32. The standard InChI is InChI=1S/C24H23F3N4O3/c1-34-21-8-3-2-7-19(21)20-9-10-22(32)31(28-20)16-23(33)30-13-11-29(12-14-30)18-6-4-5-17(15-18)24(25,26)27/h2-10,15H,11-14,16H2,1H3. The van der Waals surface area contributed by atoms with E-state index in [2.05, 4.69) is 5.10 Å². The molecule has 1 fully saturated rings. The zero-order chi connectivity index (χ0) is 24.3. The summed E-state index contributed by atoms with van der Waals surface area (Å²) in [4.78, 5) is 28.6. The Labute approximate surface area is 194 Å². The number of aromatic nitrogens is 2. The average molecular weight is 472 g/mol. The molecule has 4 rings (SSSR count). The van der Waals surface area contributed by atoms with Gasteiger partial charge in [-0.2, -0.15) is 18.3 Å². The molecule has 2 aromatic carbocycles. The summed E-state index contributed by atoms with van der Waals surface area (Å²) < 4.78 is 45.5. The third kappa shape index (κ3) is 5.05. The van der Waals surface area contributed by atoms with Gasteiger partial charge >= 0.3 is 6.18 Å². The summed E-state index contributed by atoms with van der Waals surface area (Å²) in [5, 5.41) is 4.34. The van der Waals surface area contributed by atoms with Crippen molar-refractivity contribution in [1.29, 1.82) is 0 Å². The van der Waals surface area contributed by atoms with Crippen molar-refractivity contribution in [3.63, 3.8) is 0 Å². The van der Waals surface area contributed by atoms with Crippen molar-refractivity contribution in [2.24, 2.45) is 0 Å². The van der Waals surface area contributed by atoms with Crippen LogP contribution in [0.5, 0.6) is 5.75 Å². The Balaban J connectivity index is 1.43. The van der Waals surface area contributed by atoms with Gasteiger partial charge in [-0.25, -0.2) is 4.68 Å². The number of rotatable bonds is 5. The predicted molar refractivity (Wildman–Crippen MR) is 121 cm³/mol. The van der Waals surface area contributed by atoms with Crippen LogP contribution in [-0.2, 0) is 17.5 Å². The Hall–Kier alpha value is -3.82. The summed E-state index contributed by atoms with van der Waals surface area (Å²) in [6.07, 6.45) is -4.41. The van der Waals surface area contributed by atoms with Crippen molar-refractivity contribution in [2.75, 3.05) is 38.2 Å². The lowest BCUT2D eigenvalue weighted by Crippen LogP contribution is -2.50. The smallest absolute Gasteiger partial charge is 0.416 e. The van der Waals surface area contributed by atoms with Crippen molar-refractivity contribution < 1.29 is 22.7 Å². The summed E-state index contributed by atoms with van der Waals surface area (Å²) in [6, 6.07) is 15.3. The summed E-state index contributed by atoms with van der Waals surface area (Å²) in [5.74, 6) is 0.313. The van der Waals surface area contributed by atoms with Crippen LogP contribution in [-0.4, -0.2) is 53.9 Å². The van der Waals surface area contributed by atoms with Crippen LogP contribution in [0.25, 0.3) is 11.3 Å². The maximum absolute atomic E-state index is 13.0. The molecule has 0 spiro atoms. The molecule has 0 saturated carbocycles. The molecule has 1 amide bonds. The van der Waals surface area contributed by atoms with Crippen molar-refractivity contribution in [2.45, 2.75) is 12.7 Å². The van der Waals surface area contributed by atoms with Crippen LogP contribution in [0.15, 0.2) is 65.5 Å². The molecule has 0 N–H and O–H groups in total. The highest BCUT2D eigenvalue weighted by Gasteiger charge is 2.31. The van der Waals surface area contributed by atoms with Crippen LogP contribution in [0.1, 0.15) is 5.56 Å². The van der Waals surface area contributed by atoms with Gasteiger partial charge in [0, 0.05) is 43.5 Å². The second-order valence-electron chi connectivity index (χ2n) is 7.83. The SMILES string of the molecule is COc1ccccc1-c1ccc(=O)n(CC(=O)N2CCN(c3cccc(C(F)(F)F)c3)CC2)n1. The van der Waals surface area contributed by atoms with E-state index >= 15 is 0 Å². The number of nitrogens with zero attached hydrogens (tertiary/aromatic N) is 4. The van der Waals surface area contributed by atoms with Crippen LogP contribution in [0.2, 0.25) is 0 Å². The summed E-state index contributed by atoms with van der Waals surface area (Å²) in [6.45, 7) is 1.20. The van der Waals surface area contributed by atoms with Gasteiger partial charge in [0.05, 0.1) is 18.4 Å². The predicted octanol–water partition coefficient (Wildman–Crippen LogP) is 3.29. The molecule has 34 heavy (non-hydrogen) atoms. The molecular formula is C24H23F3N4O3. The lowest BCUT2D eigenvalue weighted by molar-refractivity contribution is -0.137. The van der Waals surface area contributed by atoms with Gasteiger partial charge in [-0.05, 0) is 36.4 Å². The van der Waals surface area contributed by atoms with E-state index in [9.17, 15) is 22.8 Å². The van der Waals surface area contributed by atoms with Crippen LogP contribution >= 0.6 is 0 Å². The number of carbonyl (C=O) groups is 1. The van der Waals surface area contributed by atoms with E-state index in [0.29, 0.717) is 48.9 Å². The Morgan fingerprint density at radius 3 is 2.44 bits per heavy atom. The highest BCUT2D eigenvalue weighted by molar-refractivity contribution is 5.76. The maximum Gasteiger partial charge on any atom is 0.416 e. The number of alkyl halides is 3. The lowest BCUT2D eigenvalue weighted by Gasteiger charge is -2.36. The minimum absolute atomic E-state index is 0.231. The quantitative estimate of drug-likeness (QED) is 0.570. The first-order chi connectivity index (χ1) is 16.3. The van der Waals surface area contributed by atoms with Gasteiger partial charge in [0.1, 0.15) is 12.3 Å². The number of benzene rings is 2. The Morgan fingerprint density at radius 1 is 1.00 bits per heavy atom. The van der Waals surface area contributed by atoms with Crippen LogP contribution < -0.4 is 15.2 Å². The molecule has 2 heterocycles. The number of hydrogen-bond donors (Lipinski definition) is 0. The molecule has 10 heteroatoms. The van der Waals surface area contributed by atoms with Crippen LogP contribution in [0.3, 0.4) is 0 Å². The minimum atomic E-state index is -4.41. The molecule has 1 aliphatic rings. The summed E-state index contributed by atoms with van der Waals surface area (Å²) >= 11 is 0. The molecule has 0 radical (unpaired) electrons. The Bertz CT molecular complexity index is 1230.